The zero-order valence-electron chi connectivity index (χ0n) is 11.7. The van der Waals surface area contributed by atoms with E-state index in [1.807, 2.05) is 24.0 Å². The summed E-state index contributed by atoms with van der Waals surface area (Å²) in [4.78, 5) is 29.4. The monoisotopic (exact) mass is 276 g/mol. The molecule has 1 aromatic rings. The number of imide groups is 1. The van der Waals surface area contributed by atoms with Crippen LogP contribution in [0.2, 0.25) is 0 Å². The second-order valence-electron chi connectivity index (χ2n) is 5.06. The lowest BCUT2D eigenvalue weighted by Gasteiger charge is -2.40. The Labute approximate surface area is 118 Å². The van der Waals surface area contributed by atoms with Gasteiger partial charge in [-0.2, -0.15) is 0 Å². The number of nitrogens with one attached hydrogen (secondary N) is 1. The first-order valence-corrected chi connectivity index (χ1v) is 6.79. The number of hydrogen-bond donors (Lipinski definition) is 2. The molecule has 0 saturated carbocycles. The summed E-state index contributed by atoms with van der Waals surface area (Å²) in [5.74, 6) is -0.556. The van der Waals surface area contributed by atoms with Crippen LogP contribution in [0.15, 0.2) is 24.5 Å². The van der Waals surface area contributed by atoms with Crippen LogP contribution in [0.3, 0.4) is 0 Å². The van der Waals surface area contributed by atoms with Crippen molar-refractivity contribution < 1.29 is 9.59 Å². The molecule has 1 aromatic heterocycles. The molecule has 3 atom stereocenters. The molecular formula is C14H20N4O2. The minimum atomic E-state index is -0.386. The summed E-state index contributed by atoms with van der Waals surface area (Å²) in [7, 11) is 0. The summed E-state index contributed by atoms with van der Waals surface area (Å²) in [5, 5.41) is 2.35. The van der Waals surface area contributed by atoms with Crippen LogP contribution in [0.5, 0.6) is 0 Å². The number of pyridine rings is 1. The number of carbonyl (C=O) groups excluding carboxylic acids is 2. The van der Waals surface area contributed by atoms with Gasteiger partial charge < -0.3 is 5.73 Å². The standard InChI is InChI=1S/C14H20N4O2/c1-3-11(15)13(10-4-6-16-7-5-10)18-8-12(19)17-14(20)9(18)2/h4-7,9,11,13H,3,8,15H2,1-2H3,(H,17,19,20). The van der Waals surface area contributed by atoms with Crippen molar-refractivity contribution in [2.45, 2.75) is 38.4 Å². The predicted octanol–water partition coefficient (Wildman–Crippen LogP) is 0.207. The van der Waals surface area contributed by atoms with Gasteiger partial charge in [0.2, 0.25) is 11.8 Å². The van der Waals surface area contributed by atoms with Gasteiger partial charge in [-0.05, 0) is 31.0 Å². The number of amides is 2. The van der Waals surface area contributed by atoms with E-state index in [1.165, 1.54) is 0 Å². The average Bonchev–Trinajstić information content (AvgIpc) is 2.45. The third-order valence-electron chi connectivity index (χ3n) is 3.75. The van der Waals surface area contributed by atoms with Crippen LogP contribution in [0.1, 0.15) is 31.9 Å². The third-order valence-corrected chi connectivity index (χ3v) is 3.75. The van der Waals surface area contributed by atoms with E-state index in [4.69, 9.17) is 5.73 Å². The molecule has 1 aliphatic rings. The minimum Gasteiger partial charge on any atom is -0.326 e. The highest BCUT2D eigenvalue weighted by atomic mass is 16.2. The summed E-state index contributed by atoms with van der Waals surface area (Å²) in [6.45, 7) is 3.96. The third kappa shape index (κ3) is 2.86. The van der Waals surface area contributed by atoms with Crippen molar-refractivity contribution in [1.29, 1.82) is 0 Å². The van der Waals surface area contributed by atoms with Crippen LogP contribution < -0.4 is 11.1 Å². The zero-order chi connectivity index (χ0) is 14.7. The Morgan fingerprint density at radius 3 is 2.70 bits per heavy atom. The highest BCUT2D eigenvalue weighted by Crippen LogP contribution is 2.27. The molecule has 6 heteroatoms. The second kappa shape index (κ2) is 6.11. The SMILES string of the molecule is CCC(N)C(c1ccncc1)N1CC(=O)NC(=O)C1C. The Balaban J connectivity index is 2.35. The largest absolute Gasteiger partial charge is 0.326 e. The highest BCUT2D eigenvalue weighted by Gasteiger charge is 2.37. The van der Waals surface area contributed by atoms with Crippen LogP contribution >= 0.6 is 0 Å². The van der Waals surface area contributed by atoms with Gasteiger partial charge >= 0.3 is 0 Å². The van der Waals surface area contributed by atoms with Gasteiger partial charge in [0, 0.05) is 18.4 Å². The fourth-order valence-corrected chi connectivity index (χ4v) is 2.54. The Bertz CT molecular complexity index is 491. The van der Waals surface area contributed by atoms with Crippen molar-refractivity contribution >= 4 is 11.8 Å². The van der Waals surface area contributed by atoms with Gasteiger partial charge in [0.05, 0.1) is 18.6 Å². The van der Waals surface area contributed by atoms with E-state index in [0.717, 1.165) is 12.0 Å². The summed E-state index contributed by atoms with van der Waals surface area (Å²) < 4.78 is 0. The minimum absolute atomic E-state index is 0.154. The first-order valence-electron chi connectivity index (χ1n) is 6.79. The maximum atomic E-state index is 11.8. The van der Waals surface area contributed by atoms with Gasteiger partial charge in [-0.25, -0.2) is 0 Å². The summed E-state index contributed by atoms with van der Waals surface area (Å²) in [6.07, 6.45) is 4.15. The van der Waals surface area contributed by atoms with E-state index in [-0.39, 0.29) is 36.5 Å². The number of nitrogens with zero attached hydrogens (tertiary/aromatic N) is 2. The highest BCUT2D eigenvalue weighted by molar-refractivity contribution is 6.00. The normalized spacial score (nSPS) is 23.2. The summed E-state index contributed by atoms with van der Waals surface area (Å²) in [6, 6.07) is 3.04. The molecule has 1 aliphatic heterocycles. The van der Waals surface area contributed by atoms with E-state index < -0.39 is 0 Å². The molecule has 2 rings (SSSR count). The molecule has 2 heterocycles. The molecule has 3 N–H and O–H groups in total. The number of rotatable bonds is 4. The number of hydrogen-bond acceptors (Lipinski definition) is 5. The summed E-state index contributed by atoms with van der Waals surface area (Å²) in [5.41, 5.74) is 7.20. The van der Waals surface area contributed by atoms with Crippen molar-refractivity contribution in [3.63, 3.8) is 0 Å². The average molecular weight is 276 g/mol. The Morgan fingerprint density at radius 2 is 2.10 bits per heavy atom. The molecule has 1 saturated heterocycles. The zero-order valence-corrected chi connectivity index (χ0v) is 11.7. The van der Waals surface area contributed by atoms with Crippen LogP contribution in [0.4, 0.5) is 0 Å². The molecular weight excluding hydrogens is 256 g/mol. The van der Waals surface area contributed by atoms with E-state index >= 15 is 0 Å². The lowest BCUT2D eigenvalue weighted by Crippen LogP contribution is -2.59. The van der Waals surface area contributed by atoms with Gasteiger partial charge in [0.1, 0.15) is 0 Å². The second-order valence-corrected chi connectivity index (χ2v) is 5.06. The van der Waals surface area contributed by atoms with Crippen molar-refractivity contribution in [3.05, 3.63) is 30.1 Å². The van der Waals surface area contributed by atoms with Gasteiger partial charge in [-0.3, -0.25) is 24.8 Å². The molecule has 20 heavy (non-hydrogen) atoms. The molecule has 3 unspecified atom stereocenters. The molecule has 6 nitrogen and oxygen atoms in total. The first-order chi connectivity index (χ1) is 9.54. The molecule has 2 amide bonds. The summed E-state index contributed by atoms with van der Waals surface area (Å²) >= 11 is 0. The first kappa shape index (κ1) is 14.6. The van der Waals surface area contributed by atoms with Crippen LogP contribution in [-0.4, -0.2) is 40.3 Å². The molecule has 108 valence electrons. The Kier molecular flexibility index (Phi) is 4.46. The van der Waals surface area contributed by atoms with Gasteiger partial charge in [0.25, 0.3) is 0 Å². The predicted molar refractivity (Wildman–Crippen MR) is 74.6 cm³/mol. The van der Waals surface area contributed by atoms with Crippen LogP contribution in [0.25, 0.3) is 0 Å². The van der Waals surface area contributed by atoms with Crippen molar-refractivity contribution in [2.75, 3.05) is 6.54 Å². The van der Waals surface area contributed by atoms with Gasteiger partial charge in [0.15, 0.2) is 0 Å². The fraction of sp³-hybridized carbons (Fsp3) is 0.500. The topological polar surface area (TPSA) is 88.3 Å². The smallest absolute Gasteiger partial charge is 0.243 e. The quantitative estimate of drug-likeness (QED) is 0.767. The molecule has 0 aliphatic carbocycles. The Hall–Kier alpha value is -1.79. The lowest BCUT2D eigenvalue weighted by atomic mass is 9.95. The van der Waals surface area contributed by atoms with E-state index in [1.54, 1.807) is 19.3 Å². The maximum Gasteiger partial charge on any atom is 0.243 e. The van der Waals surface area contributed by atoms with Crippen molar-refractivity contribution in [2.24, 2.45) is 5.73 Å². The lowest BCUT2D eigenvalue weighted by molar-refractivity contribution is -0.141. The van der Waals surface area contributed by atoms with Crippen molar-refractivity contribution in [1.82, 2.24) is 15.2 Å². The number of carbonyl (C=O) groups is 2. The Morgan fingerprint density at radius 1 is 1.45 bits per heavy atom. The van der Waals surface area contributed by atoms with Gasteiger partial charge in [-0.15, -0.1) is 0 Å². The van der Waals surface area contributed by atoms with E-state index in [9.17, 15) is 9.59 Å². The number of piperazine rings is 1. The van der Waals surface area contributed by atoms with E-state index in [2.05, 4.69) is 10.3 Å². The van der Waals surface area contributed by atoms with Crippen LogP contribution in [0, 0.1) is 0 Å². The molecule has 0 aromatic carbocycles. The van der Waals surface area contributed by atoms with E-state index in [0.29, 0.717) is 0 Å². The van der Waals surface area contributed by atoms with Crippen molar-refractivity contribution in [3.8, 4) is 0 Å². The maximum absolute atomic E-state index is 11.8. The molecule has 0 radical (unpaired) electrons. The molecule has 0 bridgehead atoms. The number of nitrogens with two attached hydrogens (primary N) is 1. The van der Waals surface area contributed by atoms with Crippen LogP contribution in [-0.2, 0) is 9.59 Å². The molecule has 0 spiro atoms. The molecule has 1 fully saturated rings. The number of aromatic nitrogens is 1. The van der Waals surface area contributed by atoms with Gasteiger partial charge in [-0.1, -0.05) is 6.92 Å². The fourth-order valence-electron chi connectivity index (χ4n) is 2.54.